The highest BCUT2D eigenvalue weighted by atomic mass is 32.2. The van der Waals surface area contributed by atoms with Crippen LogP contribution in [0.15, 0.2) is 29.2 Å². The van der Waals surface area contributed by atoms with Gasteiger partial charge in [0.1, 0.15) is 0 Å². The molecular formula is C14H19NO3S2. The normalized spacial score (nSPS) is 22.4. The molecule has 0 bridgehead atoms. The summed E-state index contributed by atoms with van der Waals surface area (Å²) in [5, 5.41) is 2.59. The number of hydrogen-bond donors (Lipinski definition) is 1. The van der Waals surface area contributed by atoms with E-state index in [9.17, 15) is 13.2 Å². The third-order valence-corrected chi connectivity index (χ3v) is 6.11. The molecule has 0 radical (unpaired) electrons. The van der Waals surface area contributed by atoms with E-state index < -0.39 is 9.84 Å². The lowest BCUT2D eigenvalue weighted by molar-refractivity contribution is -0.120. The van der Waals surface area contributed by atoms with E-state index in [1.54, 1.807) is 0 Å². The van der Waals surface area contributed by atoms with Crippen molar-refractivity contribution in [2.24, 2.45) is 0 Å². The summed E-state index contributed by atoms with van der Waals surface area (Å²) < 4.78 is 22.7. The molecule has 1 aromatic rings. The number of thioether (sulfide) groups is 1. The van der Waals surface area contributed by atoms with Crippen LogP contribution in [0.3, 0.4) is 0 Å². The molecule has 6 heteroatoms. The van der Waals surface area contributed by atoms with E-state index in [4.69, 9.17) is 0 Å². The maximum absolute atomic E-state index is 12.1. The number of amides is 1. The fourth-order valence-electron chi connectivity index (χ4n) is 2.17. The zero-order chi connectivity index (χ0) is 14.8. The zero-order valence-electron chi connectivity index (χ0n) is 11.6. The molecule has 1 aliphatic rings. The van der Waals surface area contributed by atoms with Crippen LogP contribution in [-0.2, 0) is 14.6 Å². The number of aryl methyl sites for hydroxylation is 1. The van der Waals surface area contributed by atoms with E-state index in [0.29, 0.717) is 6.42 Å². The van der Waals surface area contributed by atoms with Crippen LogP contribution in [0.2, 0.25) is 0 Å². The Hall–Kier alpha value is -1.01. The summed E-state index contributed by atoms with van der Waals surface area (Å²) in [5.74, 6) is 0.149. The maximum Gasteiger partial charge on any atom is 0.233 e. The fourth-order valence-corrected chi connectivity index (χ4v) is 4.84. The van der Waals surface area contributed by atoms with Gasteiger partial charge in [-0.3, -0.25) is 4.79 Å². The van der Waals surface area contributed by atoms with E-state index in [1.165, 1.54) is 11.8 Å². The summed E-state index contributed by atoms with van der Waals surface area (Å²) in [4.78, 5) is 13.1. The van der Waals surface area contributed by atoms with Gasteiger partial charge >= 0.3 is 0 Å². The number of carbonyl (C=O) groups excluding carboxylic acids is 1. The highest BCUT2D eigenvalue weighted by Crippen LogP contribution is 2.24. The van der Waals surface area contributed by atoms with Crippen molar-refractivity contribution in [3.05, 3.63) is 29.8 Å². The molecule has 1 fully saturated rings. The van der Waals surface area contributed by atoms with Crippen LogP contribution in [-0.4, -0.2) is 37.1 Å². The zero-order valence-corrected chi connectivity index (χ0v) is 13.3. The van der Waals surface area contributed by atoms with Crippen LogP contribution >= 0.6 is 11.8 Å². The molecule has 4 nitrogen and oxygen atoms in total. The van der Waals surface area contributed by atoms with Crippen LogP contribution < -0.4 is 5.32 Å². The Kier molecular flexibility index (Phi) is 4.75. The maximum atomic E-state index is 12.1. The summed E-state index contributed by atoms with van der Waals surface area (Å²) >= 11 is 1.49. The van der Waals surface area contributed by atoms with Crippen molar-refractivity contribution in [3.8, 4) is 0 Å². The Bertz CT molecular complexity index is 598. The number of rotatable bonds is 4. The molecule has 0 aromatic heterocycles. The first-order chi connectivity index (χ1) is 9.35. The molecule has 110 valence electrons. The van der Waals surface area contributed by atoms with Crippen LogP contribution in [0.1, 0.15) is 18.9 Å². The molecule has 1 amide bonds. The van der Waals surface area contributed by atoms with Crippen molar-refractivity contribution in [3.63, 3.8) is 0 Å². The minimum Gasteiger partial charge on any atom is -0.351 e. The second-order valence-electron chi connectivity index (χ2n) is 5.19. The molecular weight excluding hydrogens is 294 g/mol. The van der Waals surface area contributed by atoms with Crippen molar-refractivity contribution in [2.75, 3.05) is 11.5 Å². The molecule has 2 atom stereocenters. The van der Waals surface area contributed by atoms with Gasteiger partial charge in [0.2, 0.25) is 5.91 Å². The van der Waals surface area contributed by atoms with Gasteiger partial charge in [0, 0.05) is 10.9 Å². The lowest BCUT2D eigenvalue weighted by Gasteiger charge is -2.15. The molecule has 1 N–H and O–H groups in total. The first kappa shape index (κ1) is 15.4. The Morgan fingerprint density at radius 2 is 2.20 bits per heavy atom. The second kappa shape index (κ2) is 6.18. The van der Waals surface area contributed by atoms with Gasteiger partial charge in [-0.05, 0) is 32.4 Å². The first-order valence-electron chi connectivity index (χ1n) is 6.60. The van der Waals surface area contributed by atoms with E-state index in [2.05, 4.69) is 5.32 Å². The molecule has 0 spiro atoms. The monoisotopic (exact) mass is 313 g/mol. The average molecular weight is 313 g/mol. The highest BCUT2D eigenvalue weighted by molar-refractivity contribution is 8.00. The standard InChI is InChI=1S/C14H19NO3S2/c1-10-4-3-5-13(8-10)19-11(2)14(16)15-12-6-7-20(17,18)9-12/h3-5,8,11-12H,6-7,9H2,1-2H3,(H,15,16)/t11-,12-/m0/s1. The number of benzene rings is 1. The topological polar surface area (TPSA) is 63.2 Å². The fraction of sp³-hybridized carbons (Fsp3) is 0.500. The largest absolute Gasteiger partial charge is 0.351 e. The molecule has 1 aromatic carbocycles. The van der Waals surface area contributed by atoms with Crippen molar-refractivity contribution in [1.29, 1.82) is 0 Å². The van der Waals surface area contributed by atoms with Crippen molar-refractivity contribution < 1.29 is 13.2 Å². The van der Waals surface area contributed by atoms with Gasteiger partial charge in [-0.2, -0.15) is 0 Å². The van der Waals surface area contributed by atoms with Crippen molar-refractivity contribution in [2.45, 2.75) is 36.5 Å². The van der Waals surface area contributed by atoms with E-state index in [1.807, 2.05) is 38.1 Å². The van der Waals surface area contributed by atoms with E-state index in [0.717, 1.165) is 10.5 Å². The third-order valence-electron chi connectivity index (χ3n) is 3.25. The smallest absolute Gasteiger partial charge is 0.233 e. The predicted molar refractivity (Wildman–Crippen MR) is 81.7 cm³/mol. The van der Waals surface area contributed by atoms with Crippen LogP contribution in [0.4, 0.5) is 0 Å². The Morgan fingerprint density at radius 3 is 2.80 bits per heavy atom. The Morgan fingerprint density at radius 1 is 1.45 bits per heavy atom. The average Bonchev–Trinajstić information content (AvgIpc) is 2.68. The minimum atomic E-state index is -2.95. The van der Waals surface area contributed by atoms with Gasteiger partial charge in [0.15, 0.2) is 9.84 Å². The molecule has 1 aliphatic heterocycles. The van der Waals surface area contributed by atoms with E-state index >= 15 is 0 Å². The van der Waals surface area contributed by atoms with Gasteiger partial charge in [-0.1, -0.05) is 17.7 Å². The lowest BCUT2D eigenvalue weighted by atomic mass is 10.2. The summed E-state index contributed by atoms with van der Waals surface area (Å²) in [6.07, 6.45) is 0.524. The summed E-state index contributed by atoms with van der Waals surface area (Å²) in [5.41, 5.74) is 1.16. The van der Waals surface area contributed by atoms with Gasteiger partial charge in [0.05, 0.1) is 16.8 Å². The van der Waals surface area contributed by atoms with Crippen molar-refractivity contribution in [1.82, 2.24) is 5.32 Å². The van der Waals surface area contributed by atoms with Crippen LogP contribution in [0.5, 0.6) is 0 Å². The molecule has 2 rings (SSSR count). The summed E-state index contributed by atoms with van der Waals surface area (Å²) in [7, 11) is -2.95. The van der Waals surface area contributed by atoms with Gasteiger partial charge in [0.25, 0.3) is 0 Å². The molecule has 20 heavy (non-hydrogen) atoms. The molecule has 0 unspecified atom stereocenters. The third kappa shape index (κ3) is 4.24. The SMILES string of the molecule is Cc1cccc(S[C@@H](C)C(=O)N[C@H]2CCS(=O)(=O)C2)c1. The lowest BCUT2D eigenvalue weighted by Crippen LogP contribution is -2.39. The summed E-state index contributed by atoms with van der Waals surface area (Å²) in [6.45, 7) is 3.85. The van der Waals surface area contributed by atoms with Crippen LogP contribution in [0, 0.1) is 6.92 Å². The van der Waals surface area contributed by atoms with Gasteiger partial charge < -0.3 is 5.32 Å². The number of carbonyl (C=O) groups is 1. The molecule has 0 saturated carbocycles. The highest BCUT2D eigenvalue weighted by Gasteiger charge is 2.30. The molecule has 0 aliphatic carbocycles. The van der Waals surface area contributed by atoms with Gasteiger partial charge in [-0.25, -0.2) is 8.42 Å². The van der Waals surface area contributed by atoms with Gasteiger partial charge in [-0.15, -0.1) is 11.8 Å². The second-order valence-corrected chi connectivity index (χ2v) is 8.83. The summed E-state index contributed by atoms with van der Waals surface area (Å²) in [6, 6.07) is 7.76. The van der Waals surface area contributed by atoms with Crippen molar-refractivity contribution >= 4 is 27.5 Å². The number of nitrogens with one attached hydrogen (secondary N) is 1. The molecule has 1 saturated heterocycles. The first-order valence-corrected chi connectivity index (χ1v) is 9.30. The predicted octanol–water partition coefficient (Wildman–Crippen LogP) is 1.78. The minimum absolute atomic E-state index is 0.0700. The quantitative estimate of drug-likeness (QED) is 0.861. The number of sulfone groups is 1. The van der Waals surface area contributed by atoms with Crippen LogP contribution in [0.25, 0.3) is 0 Å². The Labute approximate surface area is 124 Å². The Balaban J connectivity index is 1.89. The molecule has 1 heterocycles. The number of hydrogen-bond acceptors (Lipinski definition) is 4. The van der Waals surface area contributed by atoms with E-state index in [-0.39, 0.29) is 28.7 Å².